The van der Waals surface area contributed by atoms with E-state index in [0.717, 1.165) is 18.5 Å². The molecule has 2 heterocycles. The van der Waals surface area contributed by atoms with Gasteiger partial charge in [0, 0.05) is 12.7 Å². The van der Waals surface area contributed by atoms with Crippen LogP contribution in [-0.4, -0.2) is 32.8 Å². The Kier molecular flexibility index (Phi) is 3.92. The van der Waals surface area contributed by atoms with Gasteiger partial charge in [0.2, 0.25) is 0 Å². The Labute approximate surface area is 114 Å². The van der Waals surface area contributed by atoms with E-state index in [1.807, 2.05) is 0 Å². The summed E-state index contributed by atoms with van der Waals surface area (Å²) in [5, 5.41) is 0. The lowest BCUT2D eigenvalue weighted by Crippen LogP contribution is -2.24. The van der Waals surface area contributed by atoms with Crippen molar-refractivity contribution in [3.8, 4) is 0 Å². The van der Waals surface area contributed by atoms with Crippen molar-refractivity contribution >= 4 is 15.9 Å². The molecule has 1 aliphatic rings. The fraction of sp³-hybridized carbons (Fsp3) is 0.455. The van der Waals surface area contributed by atoms with Gasteiger partial charge in [0.05, 0.1) is 25.0 Å². The van der Waals surface area contributed by atoms with Gasteiger partial charge in [-0.2, -0.15) is 21.6 Å². The third kappa shape index (κ3) is 3.60. The molecule has 0 amide bonds. The maximum Gasteiger partial charge on any atom is 0.417 e. The largest absolute Gasteiger partial charge is 0.417 e. The summed E-state index contributed by atoms with van der Waals surface area (Å²) in [5.74, 6) is 0.398. The fourth-order valence-corrected chi connectivity index (χ4v) is 2.22. The Morgan fingerprint density at radius 2 is 2.15 bits per heavy atom. The van der Waals surface area contributed by atoms with E-state index >= 15 is 0 Å². The SMILES string of the molecule is CS(=O)(=O)OCCN1[CH]Cc2cc(C(F)(F)F)cnc21. The van der Waals surface area contributed by atoms with E-state index in [0.29, 0.717) is 17.8 Å². The third-order valence-corrected chi connectivity index (χ3v) is 3.30. The molecule has 0 atom stereocenters. The first-order valence-corrected chi connectivity index (χ1v) is 7.49. The molecule has 0 saturated heterocycles. The van der Waals surface area contributed by atoms with Gasteiger partial charge >= 0.3 is 6.18 Å². The highest BCUT2D eigenvalue weighted by molar-refractivity contribution is 7.85. The highest BCUT2D eigenvalue weighted by Gasteiger charge is 2.33. The van der Waals surface area contributed by atoms with Crippen LogP contribution in [0, 0.1) is 6.54 Å². The highest BCUT2D eigenvalue weighted by Crippen LogP contribution is 2.34. The van der Waals surface area contributed by atoms with E-state index in [-0.39, 0.29) is 13.2 Å². The average molecular weight is 309 g/mol. The van der Waals surface area contributed by atoms with Gasteiger partial charge in [-0.15, -0.1) is 0 Å². The van der Waals surface area contributed by atoms with Crippen molar-refractivity contribution in [1.29, 1.82) is 0 Å². The molecule has 9 heteroatoms. The van der Waals surface area contributed by atoms with Crippen LogP contribution in [0.1, 0.15) is 11.1 Å². The molecule has 0 saturated carbocycles. The average Bonchev–Trinajstić information content (AvgIpc) is 2.69. The second kappa shape index (κ2) is 5.21. The molecule has 0 spiro atoms. The lowest BCUT2D eigenvalue weighted by molar-refractivity contribution is -0.137. The van der Waals surface area contributed by atoms with Crippen molar-refractivity contribution in [3.05, 3.63) is 29.9 Å². The Morgan fingerprint density at radius 3 is 2.75 bits per heavy atom. The molecule has 20 heavy (non-hydrogen) atoms. The molecule has 0 fully saturated rings. The number of alkyl halides is 3. The molecule has 0 bridgehead atoms. The van der Waals surface area contributed by atoms with Gasteiger partial charge in [-0.25, -0.2) is 4.98 Å². The van der Waals surface area contributed by atoms with Crippen molar-refractivity contribution in [3.63, 3.8) is 0 Å². The number of fused-ring (bicyclic) bond motifs is 1. The van der Waals surface area contributed by atoms with Crippen LogP contribution in [0.5, 0.6) is 0 Å². The molecule has 1 aromatic rings. The summed E-state index contributed by atoms with van der Waals surface area (Å²) in [6.07, 6.45) is -2.40. The summed E-state index contributed by atoms with van der Waals surface area (Å²) >= 11 is 0. The van der Waals surface area contributed by atoms with Crippen LogP contribution in [0.4, 0.5) is 19.0 Å². The van der Waals surface area contributed by atoms with Crippen LogP contribution >= 0.6 is 0 Å². The lowest BCUT2D eigenvalue weighted by Gasteiger charge is -2.17. The lowest BCUT2D eigenvalue weighted by atomic mass is 10.1. The van der Waals surface area contributed by atoms with Crippen LogP contribution in [0.2, 0.25) is 0 Å². The van der Waals surface area contributed by atoms with Crippen molar-refractivity contribution in [2.45, 2.75) is 12.6 Å². The minimum absolute atomic E-state index is 0.0858. The predicted octanol–water partition coefficient (Wildman–Crippen LogP) is 1.60. The second-order valence-electron chi connectivity index (χ2n) is 4.31. The molecule has 0 unspecified atom stereocenters. The third-order valence-electron chi connectivity index (χ3n) is 2.70. The van der Waals surface area contributed by atoms with E-state index in [9.17, 15) is 21.6 Å². The van der Waals surface area contributed by atoms with E-state index in [2.05, 4.69) is 9.17 Å². The highest BCUT2D eigenvalue weighted by atomic mass is 32.2. The summed E-state index contributed by atoms with van der Waals surface area (Å²) in [5.41, 5.74) is -0.335. The summed E-state index contributed by atoms with van der Waals surface area (Å²) in [4.78, 5) is 5.38. The summed E-state index contributed by atoms with van der Waals surface area (Å²) < 4.78 is 63.8. The van der Waals surface area contributed by atoms with Gasteiger partial charge in [-0.05, 0) is 18.1 Å². The van der Waals surface area contributed by atoms with Gasteiger partial charge in [0.15, 0.2) is 0 Å². The quantitative estimate of drug-likeness (QED) is 0.791. The van der Waals surface area contributed by atoms with E-state index in [1.165, 1.54) is 0 Å². The van der Waals surface area contributed by atoms with Crippen LogP contribution in [0.15, 0.2) is 12.3 Å². The molecule has 1 aliphatic heterocycles. The van der Waals surface area contributed by atoms with E-state index in [4.69, 9.17) is 0 Å². The molecular weight excluding hydrogens is 297 g/mol. The van der Waals surface area contributed by atoms with E-state index < -0.39 is 21.9 Å². The van der Waals surface area contributed by atoms with Gasteiger partial charge in [0.1, 0.15) is 5.82 Å². The standard InChI is InChI=1S/C11H12F3N2O3S/c1-20(17,18)19-5-4-16-3-2-8-6-9(11(12,13)14)7-15-10(8)16/h3,6-7H,2,4-5H2,1H3. The Hall–Kier alpha value is -1.35. The Bertz CT molecular complexity index is 601. The van der Waals surface area contributed by atoms with Gasteiger partial charge < -0.3 is 4.90 Å². The number of hydrogen-bond acceptors (Lipinski definition) is 5. The molecule has 111 valence electrons. The van der Waals surface area contributed by atoms with Crippen molar-refractivity contribution in [1.82, 2.24) is 4.98 Å². The molecule has 5 nitrogen and oxygen atoms in total. The van der Waals surface area contributed by atoms with E-state index in [1.54, 1.807) is 11.4 Å². The number of halogens is 3. The molecule has 0 aliphatic carbocycles. The first kappa shape index (κ1) is 15.0. The number of hydrogen-bond donors (Lipinski definition) is 0. The Balaban J connectivity index is 2.06. The number of anilines is 1. The maximum atomic E-state index is 12.5. The van der Waals surface area contributed by atoms with Crippen LogP contribution < -0.4 is 4.90 Å². The topological polar surface area (TPSA) is 59.5 Å². The first-order chi connectivity index (χ1) is 9.17. The number of aromatic nitrogens is 1. The predicted molar refractivity (Wildman–Crippen MR) is 65.4 cm³/mol. The monoisotopic (exact) mass is 309 g/mol. The smallest absolute Gasteiger partial charge is 0.349 e. The van der Waals surface area contributed by atoms with Crippen LogP contribution in [0.25, 0.3) is 0 Å². The maximum absolute atomic E-state index is 12.5. The van der Waals surface area contributed by atoms with Gasteiger partial charge in [-0.3, -0.25) is 4.18 Å². The summed E-state index contributed by atoms with van der Waals surface area (Å²) in [7, 11) is -3.53. The normalized spacial score (nSPS) is 15.5. The van der Waals surface area contributed by atoms with Crippen molar-refractivity contribution in [2.24, 2.45) is 0 Å². The van der Waals surface area contributed by atoms with Crippen molar-refractivity contribution < 1.29 is 25.8 Å². The zero-order valence-electron chi connectivity index (χ0n) is 10.5. The summed E-state index contributed by atoms with van der Waals surface area (Å²) in [6, 6.07) is 1.05. The number of nitrogens with zero attached hydrogens (tertiary/aromatic N) is 2. The molecular formula is C11H12F3N2O3S. The molecule has 0 aromatic carbocycles. The minimum Gasteiger partial charge on any atom is -0.349 e. The van der Waals surface area contributed by atoms with Gasteiger partial charge in [-0.1, -0.05) is 0 Å². The summed E-state index contributed by atoms with van der Waals surface area (Å²) in [6.45, 7) is 1.78. The Morgan fingerprint density at radius 1 is 1.45 bits per heavy atom. The second-order valence-corrected chi connectivity index (χ2v) is 5.95. The molecule has 1 radical (unpaired) electrons. The molecule has 2 rings (SSSR count). The number of rotatable bonds is 4. The minimum atomic E-state index is -4.42. The first-order valence-electron chi connectivity index (χ1n) is 5.67. The zero-order valence-corrected chi connectivity index (χ0v) is 11.3. The van der Waals surface area contributed by atoms with Crippen molar-refractivity contribution in [2.75, 3.05) is 24.3 Å². The zero-order chi connectivity index (χ0) is 15.0. The van der Waals surface area contributed by atoms with Gasteiger partial charge in [0.25, 0.3) is 10.1 Å². The fourth-order valence-electron chi connectivity index (χ4n) is 1.85. The molecule has 0 N–H and O–H groups in total. The van der Waals surface area contributed by atoms with Crippen LogP contribution in [0.3, 0.4) is 0 Å². The number of pyridine rings is 1. The van der Waals surface area contributed by atoms with Crippen LogP contribution in [-0.2, 0) is 26.9 Å². The molecule has 1 aromatic heterocycles.